The summed E-state index contributed by atoms with van der Waals surface area (Å²) >= 11 is 5.96. The number of nitro groups is 1. The first-order chi connectivity index (χ1) is 15.3. The average Bonchev–Trinajstić information content (AvgIpc) is 2.78. The van der Waals surface area contributed by atoms with Crippen molar-refractivity contribution in [3.05, 3.63) is 68.4 Å². The topological polar surface area (TPSA) is 99.0 Å². The summed E-state index contributed by atoms with van der Waals surface area (Å²) in [5.41, 5.74) is 1.64. The Bertz CT molecular complexity index is 1160. The van der Waals surface area contributed by atoms with Crippen LogP contribution in [0.1, 0.15) is 37.2 Å². The molecule has 0 aromatic heterocycles. The highest BCUT2D eigenvalue weighted by Crippen LogP contribution is 2.46. The van der Waals surface area contributed by atoms with Crippen molar-refractivity contribution in [1.82, 2.24) is 0 Å². The fraction of sp³-hybridized carbons (Fsp3) is 0.304. The molecule has 9 heteroatoms. The van der Waals surface area contributed by atoms with Crippen LogP contribution in [0, 0.1) is 10.1 Å². The zero-order valence-corrected chi connectivity index (χ0v) is 18.3. The Morgan fingerprint density at radius 3 is 2.50 bits per heavy atom. The van der Waals surface area contributed by atoms with Gasteiger partial charge in [0.2, 0.25) is 5.91 Å². The number of carbonyl (C=O) groups is 2. The Hall–Kier alpha value is -3.39. The van der Waals surface area contributed by atoms with E-state index in [9.17, 15) is 19.7 Å². The van der Waals surface area contributed by atoms with Gasteiger partial charge < -0.3 is 9.47 Å². The molecule has 8 nitrogen and oxygen atoms in total. The molecule has 166 valence electrons. The zero-order chi connectivity index (χ0) is 23.0. The number of ether oxygens (including phenoxy) is 2. The Labute approximate surface area is 189 Å². The van der Waals surface area contributed by atoms with E-state index in [4.69, 9.17) is 21.1 Å². The molecular weight excluding hydrogens is 436 g/mol. The first kappa shape index (κ1) is 21.8. The molecular formula is C23H21ClN2O6. The molecule has 1 heterocycles. The number of anilines is 1. The molecule has 1 amide bonds. The number of benzene rings is 2. The van der Waals surface area contributed by atoms with E-state index < -0.39 is 10.8 Å². The lowest BCUT2D eigenvalue weighted by Crippen LogP contribution is -2.40. The summed E-state index contributed by atoms with van der Waals surface area (Å²) in [4.78, 5) is 38.8. The minimum Gasteiger partial charge on any atom is -0.493 e. The van der Waals surface area contributed by atoms with Crippen LogP contribution in [-0.4, -0.2) is 30.8 Å². The van der Waals surface area contributed by atoms with E-state index >= 15 is 0 Å². The summed E-state index contributed by atoms with van der Waals surface area (Å²) in [5.74, 6) is 0.205. The first-order valence-electron chi connectivity index (χ1n) is 10.1. The SMILES string of the molecule is COc1ccc(C2CC(=O)N(c3ccc(Cl)cc3[N+](=O)[O-])C3=C2C(=O)CCC3)cc1OC. The number of halogens is 1. The number of allylic oxidation sites excluding steroid dienone is 2. The third kappa shape index (κ3) is 3.71. The molecule has 4 rings (SSSR count). The highest BCUT2D eigenvalue weighted by atomic mass is 35.5. The molecule has 0 spiro atoms. The number of Topliss-reactive ketones (excluding diaryl/α,β-unsaturated/α-hetero) is 1. The maximum atomic E-state index is 13.3. The van der Waals surface area contributed by atoms with Crippen LogP contribution in [0.5, 0.6) is 11.5 Å². The fourth-order valence-corrected chi connectivity index (χ4v) is 4.62. The Morgan fingerprint density at radius 2 is 1.81 bits per heavy atom. The Kier molecular flexibility index (Phi) is 5.88. The Balaban J connectivity index is 1.88. The normalized spacial score (nSPS) is 18.5. The van der Waals surface area contributed by atoms with Gasteiger partial charge in [-0.3, -0.25) is 24.6 Å². The van der Waals surface area contributed by atoms with E-state index in [1.807, 2.05) is 6.07 Å². The maximum Gasteiger partial charge on any atom is 0.294 e. The van der Waals surface area contributed by atoms with Crippen LogP contribution in [0.3, 0.4) is 0 Å². The van der Waals surface area contributed by atoms with Crippen molar-refractivity contribution >= 4 is 34.7 Å². The third-order valence-electron chi connectivity index (χ3n) is 5.86. The molecule has 0 radical (unpaired) electrons. The van der Waals surface area contributed by atoms with Crippen molar-refractivity contribution in [2.45, 2.75) is 31.6 Å². The summed E-state index contributed by atoms with van der Waals surface area (Å²) < 4.78 is 10.7. The second-order valence-electron chi connectivity index (χ2n) is 7.63. The molecule has 0 bridgehead atoms. The van der Waals surface area contributed by atoms with Gasteiger partial charge in [-0.1, -0.05) is 17.7 Å². The van der Waals surface area contributed by atoms with Crippen LogP contribution in [0.15, 0.2) is 47.7 Å². The van der Waals surface area contributed by atoms with Gasteiger partial charge in [0, 0.05) is 41.1 Å². The molecule has 0 N–H and O–H groups in total. The van der Waals surface area contributed by atoms with Gasteiger partial charge in [-0.05, 0) is 42.7 Å². The standard InChI is InChI=1S/C23H21ClN2O6/c1-31-20-9-6-13(10-21(20)32-2)15-12-22(28)25(17-4-3-5-19(27)23(15)17)16-8-7-14(24)11-18(16)26(29)30/h6-11,15H,3-5,12H2,1-2H3. The lowest BCUT2D eigenvalue weighted by molar-refractivity contribution is -0.384. The Morgan fingerprint density at radius 1 is 1.06 bits per heavy atom. The number of nitro benzene ring substituents is 1. The molecule has 1 aliphatic heterocycles. The predicted molar refractivity (Wildman–Crippen MR) is 118 cm³/mol. The van der Waals surface area contributed by atoms with Gasteiger partial charge in [0.05, 0.1) is 19.1 Å². The zero-order valence-electron chi connectivity index (χ0n) is 17.6. The molecule has 0 saturated heterocycles. The summed E-state index contributed by atoms with van der Waals surface area (Å²) in [6, 6.07) is 9.50. The quantitative estimate of drug-likeness (QED) is 0.473. The van der Waals surface area contributed by atoms with Gasteiger partial charge in [-0.15, -0.1) is 0 Å². The van der Waals surface area contributed by atoms with E-state index in [-0.39, 0.29) is 34.5 Å². The predicted octanol–water partition coefficient (Wildman–Crippen LogP) is 4.79. The molecule has 2 aromatic carbocycles. The van der Waals surface area contributed by atoms with Crippen molar-refractivity contribution in [3.63, 3.8) is 0 Å². The van der Waals surface area contributed by atoms with Crippen LogP contribution >= 0.6 is 11.6 Å². The van der Waals surface area contributed by atoms with Crippen LogP contribution in [0.4, 0.5) is 11.4 Å². The lowest BCUT2D eigenvalue weighted by atomic mass is 9.77. The van der Waals surface area contributed by atoms with Crippen molar-refractivity contribution in [2.24, 2.45) is 0 Å². The lowest BCUT2D eigenvalue weighted by Gasteiger charge is -2.38. The number of rotatable bonds is 5. The third-order valence-corrected chi connectivity index (χ3v) is 6.10. The molecule has 1 atom stereocenters. The second-order valence-corrected chi connectivity index (χ2v) is 8.06. The average molecular weight is 457 g/mol. The number of amides is 1. The summed E-state index contributed by atoms with van der Waals surface area (Å²) in [6.07, 6.45) is 1.41. The van der Waals surface area contributed by atoms with Gasteiger partial charge in [-0.2, -0.15) is 0 Å². The minimum atomic E-state index is -0.570. The monoisotopic (exact) mass is 456 g/mol. The highest BCUT2D eigenvalue weighted by molar-refractivity contribution is 6.31. The van der Waals surface area contributed by atoms with Crippen LogP contribution in [0.2, 0.25) is 5.02 Å². The van der Waals surface area contributed by atoms with E-state index in [1.54, 1.807) is 12.1 Å². The van der Waals surface area contributed by atoms with Crippen LogP contribution < -0.4 is 14.4 Å². The number of ketones is 1. The molecule has 0 fully saturated rings. The van der Waals surface area contributed by atoms with Crippen molar-refractivity contribution in [2.75, 3.05) is 19.1 Å². The van der Waals surface area contributed by atoms with Crippen molar-refractivity contribution in [3.8, 4) is 11.5 Å². The first-order valence-corrected chi connectivity index (χ1v) is 10.5. The van der Waals surface area contributed by atoms with Gasteiger partial charge in [0.1, 0.15) is 5.69 Å². The van der Waals surface area contributed by atoms with E-state index in [0.717, 1.165) is 5.56 Å². The fourth-order valence-electron chi connectivity index (χ4n) is 4.46. The summed E-state index contributed by atoms with van der Waals surface area (Å²) in [6.45, 7) is 0. The summed E-state index contributed by atoms with van der Waals surface area (Å²) in [5, 5.41) is 11.9. The molecule has 1 unspecified atom stereocenters. The van der Waals surface area contributed by atoms with E-state index in [0.29, 0.717) is 42.0 Å². The molecule has 0 saturated carbocycles. The highest BCUT2D eigenvalue weighted by Gasteiger charge is 2.41. The number of carbonyl (C=O) groups excluding carboxylic acids is 2. The van der Waals surface area contributed by atoms with Crippen molar-refractivity contribution in [1.29, 1.82) is 0 Å². The van der Waals surface area contributed by atoms with E-state index in [1.165, 1.54) is 37.3 Å². The number of hydrogen-bond donors (Lipinski definition) is 0. The van der Waals surface area contributed by atoms with Crippen molar-refractivity contribution < 1.29 is 24.0 Å². The summed E-state index contributed by atoms with van der Waals surface area (Å²) in [7, 11) is 3.05. The number of methoxy groups -OCH3 is 2. The van der Waals surface area contributed by atoms with Gasteiger partial charge in [0.25, 0.3) is 5.69 Å². The molecule has 32 heavy (non-hydrogen) atoms. The molecule has 2 aliphatic rings. The largest absolute Gasteiger partial charge is 0.493 e. The second kappa shape index (κ2) is 8.63. The van der Waals surface area contributed by atoms with Gasteiger partial charge >= 0.3 is 0 Å². The van der Waals surface area contributed by atoms with Crippen LogP contribution in [0.25, 0.3) is 0 Å². The molecule has 1 aliphatic carbocycles. The number of hydrogen-bond acceptors (Lipinski definition) is 6. The van der Waals surface area contributed by atoms with Crippen LogP contribution in [-0.2, 0) is 9.59 Å². The van der Waals surface area contributed by atoms with Gasteiger partial charge in [0.15, 0.2) is 17.3 Å². The van der Waals surface area contributed by atoms with E-state index in [2.05, 4.69) is 0 Å². The van der Waals surface area contributed by atoms with Gasteiger partial charge in [-0.25, -0.2) is 0 Å². The molecule has 2 aromatic rings. The smallest absolute Gasteiger partial charge is 0.294 e. The minimum absolute atomic E-state index is 0.000162. The number of nitrogens with zero attached hydrogens (tertiary/aromatic N) is 2. The maximum absolute atomic E-state index is 13.3.